The van der Waals surface area contributed by atoms with E-state index in [1.165, 1.54) is 17.7 Å². The van der Waals surface area contributed by atoms with Gasteiger partial charge in [0.25, 0.3) is 0 Å². The molecule has 0 spiro atoms. The van der Waals surface area contributed by atoms with Crippen LogP contribution >= 0.6 is 0 Å². The van der Waals surface area contributed by atoms with Crippen LogP contribution in [0.5, 0.6) is 0 Å². The standard InChI is InChI=1S/C19H23FN4O/c1-2-21-19(22-12-11-15-7-4-3-5-8-15)23-14-18(25)24-17-10-6-9-16(20)13-17/h3-10,13H,2,11-12,14H2,1H3,(H,24,25)(H2,21,22,23). The van der Waals surface area contributed by atoms with Gasteiger partial charge in [-0.05, 0) is 37.1 Å². The molecule has 0 aliphatic carbocycles. The Balaban J connectivity index is 1.82. The minimum absolute atomic E-state index is 0.0445. The molecule has 0 saturated carbocycles. The average molecular weight is 342 g/mol. The molecule has 6 heteroatoms. The van der Waals surface area contributed by atoms with Crippen molar-refractivity contribution < 1.29 is 9.18 Å². The molecule has 0 aliphatic rings. The second-order valence-corrected chi connectivity index (χ2v) is 5.42. The molecule has 0 bridgehead atoms. The molecule has 0 unspecified atom stereocenters. The lowest BCUT2D eigenvalue weighted by Gasteiger charge is -2.11. The van der Waals surface area contributed by atoms with E-state index in [-0.39, 0.29) is 12.5 Å². The van der Waals surface area contributed by atoms with Crippen LogP contribution in [-0.2, 0) is 11.2 Å². The van der Waals surface area contributed by atoms with Crippen LogP contribution in [0.2, 0.25) is 0 Å². The van der Waals surface area contributed by atoms with Crippen LogP contribution in [0.3, 0.4) is 0 Å². The van der Waals surface area contributed by atoms with E-state index < -0.39 is 5.82 Å². The number of hydrogen-bond donors (Lipinski definition) is 3. The number of anilines is 1. The summed E-state index contributed by atoms with van der Waals surface area (Å²) in [7, 11) is 0. The molecule has 132 valence electrons. The van der Waals surface area contributed by atoms with Crippen LogP contribution in [0.1, 0.15) is 12.5 Å². The van der Waals surface area contributed by atoms with E-state index >= 15 is 0 Å². The molecule has 2 aromatic carbocycles. The number of guanidine groups is 1. The van der Waals surface area contributed by atoms with Gasteiger partial charge in [-0.2, -0.15) is 0 Å². The molecule has 0 aromatic heterocycles. The van der Waals surface area contributed by atoms with Crippen molar-refractivity contribution in [1.82, 2.24) is 10.6 Å². The van der Waals surface area contributed by atoms with Gasteiger partial charge in [0.2, 0.25) is 5.91 Å². The van der Waals surface area contributed by atoms with Gasteiger partial charge in [0.15, 0.2) is 5.96 Å². The van der Waals surface area contributed by atoms with Crippen molar-refractivity contribution >= 4 is 17.6 Å². The number of rotatable bonds is 7. The summed E-state index contributed by atoms with van der Waals surface area (Å²) in [6, 6.07) is 15.9. The molecule has 1 amide bonds. The first-order valence-corrected chi connectivity index (χ1v) is 8.29. The molecule has 5 nitrogen and oxygen atoms in total. The van der Waals surface area contributed by atoms with E-state index in [4.69, 9.17) is 0 Å². The van der Waals surface area contributed by atoms with Gasteiger partial charge in [-0.3, -0.25) is 4.79 Å². The van der Waals surface area contributed by atoms with Gasteiger partial charge in [0.1, 0.15) is 12.4 Å². The number of nitrogens with zero attached hydrogens (tertiary/aromatic N) is 1. The number of nitrogens with one attached hydrogen (secondary N) is 3. The van der Waals surface area contributed by atoms with Crippen molar-refractivity contribution in [2.75, 3.05) is 25.0 Å². The number of carbonyl (C=O) groups is 1. The number of aliphatic imine (C=N–C) groups is 1. The Kier molecular flexibility index (Phi) is 7.43. The minimum atomic E-state index is -0.391. The van der Waals surface area contributed by atoms with Crippen LogP contribution in [0, 0.1) is 5.82 Å². The van der Waals surface area contributed by atoms with Gasteiger partial charge < -0.3 is 16.0 Å². The molecular weight excluding hydrogens is 319 g/mol. The SMILES string of the molecule is CCNC(=NCC(=O)Nc1cccc(F)c1)NCCc1ccccc1. The topological polar surface area (TPSA) is 65.5 Å². The maximum Gasteiger partial charge on any atom is 0.246 e. The molecule has 25 heavy (non-hydrogen) atoms. The third-order valence-electron chi connectivity index (χ3n) is 3.38. The van der Waals surface area contributed by atoms with Crippen molar-refractivity contribution in [3.05, 3.63) is 66.0 Å². The van der Waals surface area contributed by atoms with E-state index in [1.807, 2.05) is 25.1 Å². The summed E-state index contributed by atoms with van der Waals surface area (Å²) in [5.41, 5.74) is 1.65. The van der Waals surface area contributed by atoms with Crippen molar-refractivity contribution in [3.63, 3.8) is 0 Å². The Labute approximate surface area is 147 Å². The Hall–Kier alpha value is -2.89. The largest absolute Gasteiger partial charge is 0.357 e. The summed E-state index contributed by atoms with van der Waals surface area (Å²) in [4.78, 5) is 16.2. The highest BCUT2D eigenvalue weighted by atomic mass is 19.1. The minimum Gasteiger partial charge on any atom is -0.357 e. The van der Waals surface area contributed by atoms with E-state index in [0.29, 0.717) is 24.7 Å². The lowest BCUT2D eigenvalue weighted by molar-refractivity contribution is -0.114. The van der Waals surface area contributed by atoms with Gasteiger partial charge in [0, 0.05) is 18.8 Å². The molecule has 0 atom stereocenters. The predicted molar refractivity (Wildman–Crippen MR) is 99.2 cm³/mol. The van der Waals surface area contributed by atoms with Crippen molar-refractivity contribution in [1.29, 1.82) is 0 Å². The number of halogens is 1. The van der Waals surface area contributed by atoms with Crippen LogP contribution in [-0.4, -0.2) is 31.5 Å². The number of benzene rings is 2. The number of carbonyl (C=O) groups excluding carboxylic acids is 1. The highest BCUT2D eigenvalue weighted by molar-refractivity contribution is 5.94. The fraction of sp³-hybridized carbons (Fsp3) is 0.263. The molecule has 2 aromatic rings. The summed E-state index contributed by atoms with van der Waals surface area (Å²) >= 11 is 0. The number of amides is 1. The maximum absolute atomic E-state index is 13.1. The van der Waals surface area contributed by atoms with Gasteiger partial charge in [-0.1, -0.05) is 36.4 Å². The lowest BCUT2D eigenvalue weighted by atomic mass is 10.1. The first-order valence-electron chi connectivity index (χ1n) is 8.29. The molecule has 0 aliphatic heterocycles. The average Bonchev–Trinajstić information content (AvgIpc) is 2.60. The van der Waals surface area contributed by atoms with Gasteiger partial charge in [-0.25, -0.2) is 9.38 Å². The van der Waals surface area contributed by atoms with Crippen molar-refractivity contribution in [2.24, 2.45) is 4.99 Å². The monoisotopic (exact) mass is 342 g/mol. The Morgan fingerprint density at radius 2 is 1.88 bits per heavy atom. The maximum atomic E-state index is 13.1. The van der Waals surface area contributed by atoms with Crippen molar-refractivity contribution in [2.45, 2.75) is 13.3 Å². The van der Waals surface area contributed by atoms with E-state index in [2.05, 4.69) is 33.1 Å². The third-order valence-corrected chi connectivity index (χ3v) is 3.38. The lowest BCUT2D eigenvalue weighted by Crippen LogP contribution is -2.39. The Morgan fingerprint density at radius 1 is 1.08 bits per heavy atom. The second kappa shape index (κ2) is 10.1. The Bertz CT molecular complexity index is 704. The van der Waals surface area contributed by atoms with Crippen LogP contribution in [0.4, 0.5) is 10.1 Å². The molecule has 0 saturated heterocycles. The molecule has 0 fully saturated rings. The molecular formula is C19H23FN4O. The van der Waals surface area contributed by atoms with Gasteiger partial charge >= 0.3 is 0 Å². The first kappa shape index (κ1) is 18.4. The predicted octanol–water partition coefficient (Wildman–Crippen LogP) is 2.56. The second-order valence-electron chi connectivity index (χ2n) is 5.42. The van der Waals surface area contributed by atoms with E-state index in [1.54, 1.807) is 12.1 Å². The zero-order chi connectivity index (χ0) is 17.9. The third kappa shape index (κ3) is 7.03. The highest BCUT2D eigenvalue weighted by Crippen LogP contribution is 2.08. The van der Waals surface area contributed by atoms with Crippen LogP contribution in [0.15, 0.2) is 59.6 Å². The van der Waals surface area contributed by atoms with Gasteiger partial charge in [-0.15, -0.1) is 0 Å². The smallest absolute Gasteiger partial charge is 0.246 e. The quantitative estimate of drug-likeness (QED) is 0.535. The summed E-state index contributed by atoms with van der Waals surface area (Å²) in [5, 5.41) is 8.91. The zero-order valence-electron chi connectivity index (χ0n) is 14.3. The molecule has 3 N–H and O–H groups in total. The first-order chi connectivity index (χ1) is 12.2. The van der Waals surface area contributed by atoms with Gasteiger partial charge in [0.05, 0.1) is 0 Å². The highest BCUT2D eigenvalue weighted by Gasteiger charge is 2.04. The summed E-state index contributed by atoms with van der Waals surface area (Å²) in [6.07, 6.45) is 0.862. The molecule has 2 rings (SSSR count). The summed E-state index contributed by atoms with van der Waals surface area (Å²) in [6.45, 7) is 3.32. The van der Waals surface area contributed by atoms with E-state index in [0.717, 1.165) is 6.42 Å². The zero-order valence-corrected chi connectivity index (χ0v) is 14.3. The normalized spacial score (nSPS) is 11.0. The summed E-state index contributed by atoms with van der Waals surface area (Å²) < 4.78 is 13.1. The van der Waals surface area contributed by atoms with Crippen molar-refractivity contribution in [3.8, 4) is 0 Å². The fourth-order valence-corrected chi connectivity index (χ4v) is 2.23. The number of hydrogen-bond acceptors (Lipinski definition) is 2. The Morgan fingerprint density at radius 3 is 2.60 bits per heavy atom. The fourth-order valence-electron chi connectivity index (χ4n) is 2.23. The van der Waals surface area contributed by atoms with E-state index in [9.17, 15) is 9.18 Å². The summed E-state index contributed by atoms with van der Waals surface area (Å²) in [5.74, 6) is -0.115. The molecule has 0 radical (unpaired) electrons. The van der Waals surface area contributed by atoms with Crippen LogP contribution in [0.25, 0.3) is 0 Å². The van der Waals surface area contributed by atoms with Crippen LogP contribution < -0.4 is 16.0 Å². The molecule has 0 heterocycles.